The van der Waals surface area contributed by atoms with Crippen LogP contribution in [0.25, 0.3) is 0 Å². The predicted octanol–water partition coefficient (Wildman–Crippen LogP) is 4.14. The van der Waals surface area contributed by atoms with Crippen molar-refractivity contribution in [1.29, 1.82) is 0 Å². The monoisotopic (exact) mass is 301 g/mol. The van der Waals surface area contributed by atoms with Gasteiger partial charge in [0.25, 0.3) is 0 Å². The molecule has 0 amide bonds. The highest BCUT2D eigenvalue weighted by atomic mass is 35.5. The van der Waals surface area contributed by atoms with Gasteiger partial charge in [-0.15, -0.1) is 11.3 Å². The molecule has 18 heavy (non-hydrogen) atoms. The molecule has 2 rings (SSSR count). The van der Waals surface area contributed by atoms with Crippen LogP contribution >= 0.6 is 34.5 Å². The predicted molar refractivity (Wildman–Crippen MR) is 77.9 cm³/mol. The van der Waals surface area contributed by atoms with Gasteiger partial charge in [0.15, 0.2) is 0 Å². The number of benzene rings is 1. The highest BCUT2D eigenvalue weighted by Crippen LogP contribution is 2.26. The number of hydrogen-bond acceptors (Lipinski definition) is 3. The largest absolute Gasteiger partial charge is 0.488 e. The van der Waals surface area contributed by atoms with Crippen LogP contribution in [0, 0.1) is 0 Å². The van der Waals surface area contributed by atoms with Crippen LogP contribution in [-0.2, 0) is 13.0 Å². The van der Waals surface area contributed by atoms with Gasteiger partial charge in [-0.25, -0.2) is 0 Å². The number of rotatable bonds is 5. The molecule has 96 valence electrons. The Kier molecular flexibility index (Phi) is 4.89. The molecule has 0 saturated carbocycles. The van der Waals surface area contributed by atoms with E-state index in [0.29, 0.717) is 18.2 Å². The van der Waals surface area contributed by atoms with Crippen molar-refractivity contribution in [3.8, 4) is 5.75 Å². The summed E-state index contributed by atoms with van der Waals surface area (Å²) in [6.45, 7) is 1.08. The third-order valence-electron chi connectivity index (χ3n) is 2.43. The molecular formula is C13H13Cl2NOS. The molecule has 1 aromatic carbocycles. The fourth-order valence-electron chi connectivity index (χ4n) is 1.62. The Morgan fingerprint density at radius 1 is 1.17 bits per heavy atom. The van der Waals surface area contributed by atoms with Crippen LogP contribution in [0.1, 0.15) is 10.4 Å². The van der Waals surface area contributed by atoms with Crippen LogP contribution in [0.3, 0.4) is 0 Å². The third-order valence-corrected chi connectivity index (χ3v) is 3.87. The zero-order chi connectivity index (χ0) is 13.0. The minimum Gasteiger partial charge on any atom is -0.488 e. The Morgan fingerprint density at radius 2 is 2.00 bits per heavy atom. The van der Waals surface area contributed by atoms with Crippen LogP contribution in [0.15, 0.2) is 30.3 Å². The lowest BCUT2D eigenvalue weighted by molar-refractivity contribution is 0.306. The molecule has 0 saturated heterocycles. The van der Waals surface area contributed by atoms with Crippen molar-refractivity contribution in [1.82, 2.24) is 0 Å². The van der Waals surface area contributed by atoms with Crippen molar-refractivity contribution in [2.75, 3.05) is 6.54 Å². The van der Waals surface area contributed by atoms with Crippen molar-refractivity contribution < 1.29 is 4.74 Å². The average Bonchev–Trinajstić information content (AvgIpc) is 2.75. The second kappa shape index (κ2) is 6.43. The number of thiophene rings is 1. The third kappa shape index (κ3) is 3.62. The van der Waals surface area contributed by atoms with Crippen molar-refractivity contribution in [2.24, 2.45) is 5.73 Å². The van der Waals surface area contributed by atoms with Gasteiger partial charge < -0.3 is 10.5 Å². The van der Waals surface area contributed by atoms with Gasteiger partial charge >= 0.3 is 0 Å². The highest BCUT2D eigenvalue weighted by molar-refractivity contribution is 7.16. The first-order valence-electron chi connectivity index (χ1n) is 5.54. The molecule has 0 aliphatic heterocycles. The fraction of sp³-hybridized carbons (Fsp3) is 0.231. The van der Waals surface area contributed by atoms with Crippen LogP contribution in [-0.4, -0.2) is 6.54 Å². The molecule has 0 fully saturated rings. The van der Waals surface area contributed by atoms with E-state index in [1.807, 2.05) is 30.3 Å². The standard InChI is InChI=1S/C13H13Cl2NOS/c14-10-1-3-12(9(7-10)5-6-16)17-8-11-2-4-13(15)18-11/h1-4,7H,5-6,8,16H2. The lowest BCUT2D eigenvalue weighted by Gasteiger charge is -2.10. The second-order valence-corrected chi connectivity index (χ2v) is 6.02. The molecule has 0 spiro atoms. The normalized spacial score (nSPS) is 10.6. The van der Waals surface area contributed by atoms with Gasteiger partial charge in [-0.2, -0.15) is 0 Å². The first-order valence-corrected chi connectivity index (χ1v) is 7.12. The van der Waals surface area contributed by atoms with E-state index < -0.39 is 0 Å². The molecule has 1 heterocycles. The second-order valence-electron chi connectivity index (χ2n) is 3.79. The quantitative estimate of drug-likeness (QED) is 0.901. The topological polar surface area (TPSA) is 35.2 Å². The maximum Gasteiger partial charge on any atom is 0.123 e. The fourth-order valence-corrected chi connectivity index (χ4v) is 2.81. The summed E-state index contributed by atoms with van der Waals surface area (Å²) in [5.74, 6) is 0.828. The average molecular weight is 302 g/mol. The summed E-state index contributed by atoms with van der Waals surface area (Å²) in [6, 6.07) is 9.42. The molecule has 2 aromatic rings. The van der Waals surface area contributed by atoms with E-state index in [0.717, 1.165) is 26.9 Å². The van der Waals surface area contributed by atoms with Crippen molar-refractivity contribution in [2.45, 2.75) is 13.0 Å². The molecular weight excluding hydrogens is 289 g/mol. The summed E-state index contributed by atoms with van der Waals surface area (Å²) in [7, 11) is 0. The molecule has 0 unspecified atom stereocenters. The number of nitrogens with two attached hydrogens (primary N) is 1. The summed E-state index contributed by atoms with van der Waals surface area (Å²) in [4.78, 5) is 1.09. The van der Waals surface area contributed by atoms with Crippen molar-refractivity contribution >= 4 is 34.5 Å². The van der Waals surface area contributed by atoms with Crippen LogP contribution < -0.4 is 10.5 Å². The molecule has 2 nitrogen and oxygen atoms in total. The van der Waals surface area contributed by atoms with Crippen LogP contribution in [0.4, 0.5) is 0 Å². The molecule has 0 aliphatic rings. The molecule has 0 radical (unpaired) electrons. The summed E-state index contributed by atoms with van der Waals surface area (Å²) in [5.41, 5.74) is 6.61. The molecule has 0 aliphatic carbocycles. The smallest absolute Gasteiger partial charge is 0.123 e. The lowest BCUT2D eigenvalue weighted by Crippen LogP contribution is -2.05. The molecule has 2 N–H and O–H groups in total. The molecule has 0 bridgehead atoms. The number of ether oxygens (including phenoxy) is 1. The highest BCUT2D eigenvalue weighted by Gasteiger charge is 2.05. The minimum absolute atomic E-state index is 0.511. The van der Waals surface area contributed by atoms with Gasteiger partial charge in [0.2, 0.25) is 0 Å². The van der Waals surface area contributed by atoms with E-state index in [2.05, 4.69) is 0 Å². The Balaban J connectivity index is 2.08. The van der Waals surface area contributed by atoms with Gasteiger partial charge in [-0.3, -0.25) is 0 Å². The molecule has 5 heteroatoms. The van der Waals surface area contributed by atoms with Gasteiger partial charge in [0.1, 0.15) is 12.4 Å². The Morgan fingerprint density at radius 3 is 2.67 bits per heavy atom. The summed E-state index contributed by atoms with van der Waals surface area (Å²) in [6.07, 6.45) is 0.751. The van der Waals surface area contributed by atoms with Crippen LogP contribution in [0.5, 0.6) is 5.75 Å². The van der Waals surface area contributed by atoms with E-state index in [4.69, 9.17) is 33.7 Å². The summed E-state index contributed by atoms with van der Waals surface area (Å²) >= 11 is 13.4. The van der Waals surface area contributed by atoms with Gasteiger partial charge in [0.05, 0.1) is 4.34 Å². The van der Waals surface area contributed by atoms with Crippen LogP contribution in [0.2, 0.25) is 9.36 Å². The first kappa shape index (κ1) is 13.7. The first-order chi connectivity index (χ1) is 8.69. The number of halogens is 2. The Labute approximate surface area is 120 Å². The van der Waals surface area contributed by atoms with Gasteiger partial charge in [0, 0.05) is 9.90 Å². The van der Waals surface area contributed by atoms with E-state index in [1.165, 1.54) is 11.3 Å². The number of hydrogen-bond donors (Lipinski definition) is 1. The lowest BCUT2D eigenvalue weighted by atomic mass is 10.1. The maximum atomic E-state index is 5.96. The van der Waals surface area contributed by atoms with E-state index in [-0.39, 0.29) is 0 Å². The van der Waals surface area contributed by atoms with Gasteiger partial charge in [-0.05, 0) is 48.9 Å². The van der Waals surface area contributed by atoms with Crippen molar-refractivity contribution in [3.05, 3.63) is 50.1 Å². The van der Waals surface area contributed by atoms with E-state index in [1.54, 1.807) is 0 Å². The Bertz CT molecular complexity index is 527. The van der Waals surface area contributed by atoms with E-state index >= 15 is 0 Å². The maximum absolute atomic E-state index is 5.96. The SMILES string of the molecule is NCCc1cc(Cl)ccc1OCc1ccc(Cl)s1. The molecule has 1 aromatic heterocycles. The summed E-state index contributed by atoms with van der Waals surface area (Å²) in [5, 5.41) is 0.699. The summed E-state index contributed by atoms with van der Waals surface area (Å²) < 4.78 is 6.55. The zero-order valence-electron chi connectivity index (χ0n) is 9.66. The molecule has 0 atom stereocenters. The minimum atomic E-state index is 0.511. The van der Waals surface area contributed by atoms with E-state index in [9.17, 15) is 0 Å². The van der Waals surface area contributed by atoms with Gasteiger partial charge in [-0.1, -0.05) is 23.2 Å². The van der Waals surface area contributed by atoms with Crippen molar-refractivity contribution in [3.63, 3.8) is 0 Å². The zero-order valence-corrected chi connectivity index (χ0v) is 12.0. The Hall–Kier alpha value is -0.740.